The highest BCUT2D eigenvalue weighted by molar-refractivity contribution is 9.10. The van der Waals surface area contributed by atoms with Gasteiger partial charge in [0.15, 0.2) is 0 Å². The summed E-state index contributed by atoms with van der Waals surface area (Å²) in [6.45, 7) is 1.91. The number of anilines is 1. The van der Waals surface area contributed by atoms with Crippen LogP contribution in [0.3, 0.4) is 0 Å². The van der Waals surface area contributed by atoms with Gasteiger partial charge in [-0.15, -0.1) is 0 Å². The predicted molar refractivity (Wildman–Crippen MR) is 65.5 cm³/mol. The van der Waals surface area contributed by atoms with Gasteiger partial charge < -0.3 is 15.5 Å². The quantitative estimate of drug-likeness (QED) is 0.798. The second-order valence-corrected chi connectivity index (χ2v) is 4.48. The van der Waals surface area contributed by atoms with Gasteiger partial charge in [0.1, 0.15) is 0 Å². The average molecular weight is 295 g/mol. The molecule has 0 amide bonds. The van der Waals surface area contributed by atoms with Gasteiger partial charge in [0.2, 0.25) is 0 Å². The molecule has 1 aromatic rings. The summed E-state index contributed by atoms with van der Waals surface area (Å²) in [4.78, 5) is 0. The highest BCUT2D eigenvalue weighted by atomic mass is 79.9. The number of benzene rings is 1. The maximum atomic E-state index is 9.17. The molecule has 1 rings (SSSR count). The molecule has 1 unspecified atom stereocenters. The highest BCUT2D eigenvalue weighted by Gasteiger charge is 2.07. The average Bonchev–Trinajstić information content (AvgIpc) is 2.24. The number of hydrogen-bond acceptors (Lipinski definition) is 3. The van der Waals surface area contributed by atoms with E-state index in [-0.39, 0.29) is 13.2 Å². The van der Waals surface area contributed by atoms with Gasteiger partial charge in [0.25, 0.3) is 0 Å². The van der Waals surface area contributed by atoms with Gasteiger partial charge in [-0.3, -0.25) is 0 Å². The van der Waals surface area contributed by atoms with E-state index in [1.165, 1.54) is 0 Å². The van der Waals surface area contributed by atoms with Crippen LogP contribution >= 0.6 is 27.5 Å². The van der Waals surface area contributed by atoms with Crippen LogP contribution in [0.25, 0.3) is 0 Å². The van der Waals surface area contributed by atoms with Crippen LogP contribution in [0.4, 0.5) is 5.69 Å². The summed E-state index contributed by atoms with van der Waals surface area (Å²) in [6, 6.07) is 3.71. The Morgan fingerprint density at radius 1 is 1.53 bits per heavy atom. The molecule has 1 aromatic carbocycles. The Morgan fingerprint density at radius 2 is 2.20 bits per heavy atom. The first-order valence-electron chi connectivity index (χ1n) is 4.53. The standard InChI is InChI=1S/C10H13BrClNO2/c1-6-8(11)2-3-9(10(6)12)13-4-7(15)5-14/h2-3,7,13-15H,4-5H2,1H3. The minimum Gasteiger partial charge on any atom is -0.394 e. The molecule has 0 aromatic heterocycles. The first kappa shape index (κ1) is 12.8. The van der Waals surface area contributed by atoms with Crippen LogP contribution in [0.5, 0.6) is 0 Å². The maximum Gasteiger partial charge on any atom is 0.0942 e. The molecular weight excluding hydrogens is 281 g/mol. The number of rotatable bonds is 4. The second kappa shape index (κ2) is 5.70. The van der Waals surface area contributed by atoms with E-state index in [9.17, 15) is 0 Å². The van der Waals surface area contributed by atoms with Crippen molar-refractivity contribution in [1.82, 2.24) is 0 Å². The molecule has 15 heavy (non-hydrogen) atoms. The van der Waals surface area contributed by atoms with Crippen LogP contribution in [0.2, 0.25) is 5.02 Å². The normalized spacial score (nSPS) is 12.6. The fraction of sp³-hybridized carbons (Fsp3) is 0.400. The van der Waals surface area contributed by atoms with Gasteiger partial charge in [-0.1, -0.05) is 27.5 Å². The minimum atomic E-state index is -0.773. The highest BCUT2D eigenvalue weighted by Crippen LogP contribution is 2.30. The summed E-state index contributed by atoms with van der Waals surface area (Å²) >= 11 is 9.46. The fourth-order valence-electron chi connectivity index (χ4n) is 1.09. The van der Waals surface area contributed by atoms with Crippen molar-refractivity contribution in [1.29, 1.82) is 0 Å². The Balaban J connectivity index is 2.74. The van der Waals surface area contributed by atoms with Crippen LogP contribution in [0, 0.1) is 6.92 Å². The Bertz CT molecular complexity index is 346. The molecule has 0 heterocycles. The Hall–Kier alpha value is -0.290. The lowest BCUT2D eigenvalue weighted by Crippen LogP contribution is -2.23. The van der Waals surface area contributed by atoms with E-state index in [0.29, 0.717) is 5.02 Å². The largest absolute Gasteiger partial charge is 0.394 e. The molecule has 0 radical (unpaired) electrons. The lowest BCUT2D eigenvalue weighted by molar-refractivity contribution is 0.105. The summed E-state index contributed by atoms with van der Waals surface area (Å²) < 4.78 is 0.945. The molecule has 0 aliphatic carbocycles. The zero-order chi connectivity index (χ0) is 11.4. The molecule has 0 saturated heterocycles. The van der Waals surface area contributed by atoms with E-state index in [4.69, 9.17) is 21.8 Å². The van der Waals surface area contributed by atoms with E-state index in [1.54, 1.807) is 0 Å². The topological polar surface area (TPSA) is 52.5 Å². The molecule has 0 aliphatic rings. The Labute approximate surface area is 102 Å². The first-order valence-corrected chi connectivity index (χ1v) is 5.70. The van der Waals surface area contributed by atoms with E-state index in [0.717, 1.165) is 15.7 Å². The van der Waals surface area contributed by atoms with Crippen LogP contribution in [-0.2, 0) is 0 Å². The Kier molecular flexibility index (Phi) is 4.86. The van der Waals surface area contributed by atoms with E-state index < -0.39 is 6.10 Å². The fourth-order valence-corrected chi connectivity index (χ4v) is 1.77. The monoisotopic (exact) mass is 293 g/mol. The van der Waals surface area contributed by atoms with Crippen molar-refractivity contribution in [2.45, 2.75) is 13.0 Å². The van der Waals surface area contributed by atoms with Crippen LogP contribution in [-0.4, -0.2) is 29.5 Å². The number of halogens is 2. The van der Waals surface area contributed by atoms with Crippen molar-refractivity contribution in [2.24, 2.45) is 0 Å². The third-order valence-corrected chi connectivity index (χ3v) is 3.41. The zero-order valence-electron chi connectivity index (χ0n) is 8.30. The molecule has 0 saturated carbocycles. The van der Waals surface area contributed by atoms with Crippen molar-refractivity contribution in [3.8, 4) is 0 Å². The van der Waals surface area contributed by atoms with E-state index in [1.807, 2.05) is 19.1 Å². The van der Waals surface area contributed by atoms with Crippen molar-refractivity contribution >= 4 is 33.2 Å². The van der Waals surface area contributed by atoms with E-state index in [2.05, 4.69) is 21.2 Å². The molecule has 0 aliphatic heterocycles. The van der Waals surface area contributed by atoms with Crippen molar-refractivity contribution in [3.05, 3.63) is 27.2 Å². The molecule has 3 nitrogen and oxygen atoms in total. The summed E-state index contributed by atoms with van der Waals surface area (Å²) in [5.41, 5.74) is 1.70. The lowest BCUT2D eigenvalue weighted by Gasteiger charge is -2.13. The van der Waals surface area contributed by atoms with Gasteiger partial charge >= 0.3 is 0 Å². The van der Waals surface area contributed by atoms with Crippen molar-refractivity contribution < 1.29 is 10.2 Å². The number of aliphatic hydroxyl groups excluding tert-OH is 2. The van der Waals surface area contributed by atoms with Crippen LogP contribution in [0.1, 0.15) is 5.56 Å². The number of aliphatic hydroxyl groups is 2. The molecule has 3 N–H and O–H groups in total. The van der Waals surface area contributed by atoms with Crippen LogP contribution < -0.4 is 5.32 Å². The SMILES string of the molecule is Cc1c(Br)ccc(NCC(O)CO)c1Cl. The molecule has 0 bridgehead atoms. The summed E-state index contributed by atoms with van der Waals surface area (Å²) in [7, 11) is 0. The third kappa shape index (κ3) is 3.34. The maximum absolute atomic E-state index is 9.17. The second-order valence-electron chi connectivity index (χ2n) is 3.25. The molecular formula is C10H13BrClNO2. The van der Waals surface area contributed by atoms with E-state index >= 15 is 0 Å². The third-order valence-electron chi connectivity index (χ3n) is 2.06. The molecule has 0 fully saturated rings. The molecule has 5 heteroatoms. The predicted octanol–water partition coefficient (Wildman–Crippen LogP) is 2.18. The van der Waals surface area contributed by atoms with Crippen LogP contribution in [0.15, 0.2) is 16.6 Å². The van der Waals surface area contributed by atoms with Gasteiger partial charge in [0, 0.05) is 11.0 Å². The number of hydrogen-bond donors (Lipinski definition) is 3. The van der Waals surface area contributed by atoms with Gasteiger partial charge in [-0.05, 0) is 24.6 Å². The molecule has 0 spiro atoms. The molecule has 84 valence electrons. The molecule has 1 atom stereocenters. The van der Waals surface area contributed by atoms with Gasteiger partial charge in [-0.2, -0.15) is 0 Å². The summed E-state index contributed by atoms with van der Waals surface area (Å²) in [5.74, 6) is 0. The zero-order valence-corrected chi connectivity index (χ0v) is 10.6. The smallest absolute Gasteiger partial charge is 0.0942 e. The van der Waals surface area contributed by atoms with Gasteiger partial charge in [-0.25, -0.2) is 0 Å². The first-order chi connectivity index (χ1) is 7.06. The summed E-state index contributed by atoms with van der Waals surface area (Å²) in [5, 5.41) is 21.4. The van der Waals surface area contributed by atoms with Crippen molar-refractivity contribution in [3.63, 3.8) is 0 Å². The number of nitrogens with one attached hydrogen (secondary N) is 1. The Morgan fingerprint density at radius 3 is 2.80 bits per heavy atom. The van der Waals surface area contributed by atoms with Crippen molar-refractivity contribution in [2.75, 3.05) is 18.5 Å². The minimum absolute atomic E-state index is 0.264. The lowest BCUT2D eigenvalue weighted by atomic mass is 10.2. The summed E-state index contributed by atoms with van der Waals surface area (Å²) in [6.07, 6.45) is -0.773. The van der Waals surface area contributed by atoms with Gasteiger partial charge in [0.05, 0.1) is 23.4 Å².